The van der Waals surface area contributed by atoms with E-state index in [4.69, 9.17) is 0 Å². The fourth-order valence-corrected chi connectivity index (χ4v) is 4.66. The second kappa shape index (κ2) is 8.71. The third-order valence-electron chi connectivity index (χ3n) is 5.89. The van der Waals surface area contributed by atoms with Crippen molar-refractivity contribution in [1.82, 2.24) is 15.1 Å². The van der Waals surface area contributed by atoms with Gasteiger partial charge < -0.3 is 10.2 Å². The zero-order valence-corrected chi connectivity index (χ0v) is 16.6. The summed E-state index contributed by atoms with van der Waals surface area (Å²) in [6, 6.07) is 0.705. The van der Waals surface area contributed by atoms with Crippen LogP contribution in [0, 0.1) is 11.8 Å². The van der Waals surface area contributed by atoms with Gasteiger partial charge in [0.05, 0.1) is 0 Å². The Balaban J connectivity index is 0.00000176. The Kier molecular flexibility index (Phi) is 7.25. The molecular formula is C17H33IN4. The lowest BCUT2D eigenvalue weighted by atomic mass is 9.82. The fraction of sp³-hybridized carbons (Fsp3) is 0.941. The summed E-state index contributed by atoms with van der Waals surface area (Å²) >= 11 is 0. The van der Waals surface area contributed by atoms with Crippen LogP contribution in [0.1, 0.15) is 45.4 Å². The largest absolute Gasteiger partial charge is 0.355 e. The molecule has 0 aromatic rings. The molecule has 0 radical (unpaired) electrons. The summed E-state index contributed by atoms with van der Waals surface area (Å²) in [6.07, 6.45) is 8.44. The van der Waals surface area contributed by atoms with E-state index in [1.165, 1.54) is 64.7 Å². The highest BCUT2D eigenvalue weighted by Gasteiger charge is 2.35. The van der Waals surface area contributed by atoms with Gasteiger partial charge in [0.1, 0.15) is 0 Å². The fourth-order valence-electron chi connectivity index (χ4n) is 4.66. The number of halogens is 1. The van der Waals surface area contributed by atoms with Gasteiger partial charge in [-0.1, -0.05) is 19.8 Å². The molecule has 3 aliphatic rings. The van der Waals surface area contributed by atoms with Crippen molar-refractivity contribution in [3.63, 3.8) is 0 Å². The average Bonchev–Trinajstić information content (AvgIpc) is 3.13. The Hall–Kier alpha value is -0.0400. The van der Waals surface area contributed by atoms with Crippen molar-refractivity contribution >= 4 is 29.9 Å². The molecule has 2 heterocycles. The lowest BCUT2D eigenvalue weighted by Gasteiger charge is -2.27. The molecule has 4 nitrogen and oxygen atoms in total. The van der Waals surface area contributed by atoms with Crippen molar-refractivity contribution in [2.45, 2.75) is 51.5 Å². The second-order valence-corrected chi connectivity index (χ2v) is 7.06. The van der Waals surface area contributed by atoms with E-state index in [9.17, 15) is 0 Å². The van der Waals surface area contributed by atoms with Crippen molar-refractivity contribution in [2.75, 3.05) is 39.8 Å². The Labute approximate surface area is 153 Å². The highest BCUT2D eigenvalue weighted by Crippen LogP contribution is 2.35. The maximum absolute atomic E-state index is 4.55. The number of hydrogen-bond acceptors (Lipinski definition) is 2. The normalized spacial score (nSPS) is 32.7. The summed E-state index contributed by atoms with van der Waals surface area (Å²) in [5.74, 6) is 3.00. The minimum Gasteiger partial charge on any atom is -0.355 e. The minimum atomic E-state index is 0. The number of nitrogens with one attached hydrogen (secondary N) is 1. The molecule has 3 atom stereocenters. The first-order valence-corrected chi connectivity index (χ1v) is 9.01. The summed E-state index contributed by atoms with van der Waals surface area (Å²) in [5, 5.41) is 3.66. The molecule has 1 saturated carbocycles. The molecule has 128 valence electrons. The molecular weight excluding hydrogens is 387 g/mol. The van der Waals surface area contributed by atoms with E-state index >= 15 is 0 Å². The van der Waals surface area contributed by atoms with E-state index in [1.807, 2.05) is 7.05 Å². The van der Waals surface area contributed by atoms with Crippen LogP contribution >= 0.6 is 24.0 Å². The van der Waals surface area contributed by atoms with E-state index in [2.05, 4.69) is 27.0 Å². The number of rotatable bonds is 3. The highest BCUT2D eigenvalue weighted by atomic mass is 127. The maximum atomic E-state index is 4.55. The Morgan fingerprint density at radius 1 is 1.09 bits per heavy atom. The summed E-state index contributed by atoms with van der Waals surface area (Å²) in [5.41, 5.74) is 0. The zero-order valence-electron chi connectivity index (χ0n) is 14.3. The van der Waals surface area contributed by atoms with Crippen molar-refractivity contribution in [3.8, 4) is 0 Å². The van der Waals surface area contributed by atoms with Crippen LogP contribution < -0.4 is 5.32 Å². The molecule has 22 heavy (non-hydrogen) atoms. The molecule has 3 unspecified atom stereocenters. The van der Waals surface area contributed by atoms with Crippen LogP contribution in [-0.4, -0.2) is 61.6 Å². The number of nitrogens with zero attached hydrogens (tertiary/aromatic N) is 3. The van der Waals surface area contributed by atoms with Crippen LogP contribution in [0.25, 0.3) is 0 Å². The lowest BCUT2D eigenvalue weighted by molar-refractivity contribution is 0.265. The van der Waals surface area contributed by atoms with Gasteiger partial charge >= 0.3 is 0 Å². The van der Waals surface area contributed by atoms with Gasteiger partial charge in [-0.05, 0) is 50.6 Å². The number of aliphatic imine (C=N–C) groups is 1. The molecule has 0 aromatic carbocycles. The van der Waals surface area contributed by atoms with Crippen molar-refractivity contribution in [2.24, 2.45) is 16.8 Å². The Morgan fingerprint density at radius 2 is 1.77 bits per heavy atom. The number of guanidine groups is 1. The number of fused-ring (bicyclic) bond motifs is 1. The quantitative estimate of drug-likeness (QED) is 0.433. The Morgan fingerprint density at radius 3 is 2.36 bits per heavy atom. The number of likely N-dealkylation sites (N-methyl/N-ethyl adjacent to an activating group) is 1. The molecule has 2 saturated heterocycles. The predicted octanol–water partition coefficient (Wildman–Crippen LogP) is 2.79. The summed E-state index contributed by atoms with van der Waals surface area (Å²) < 4.78 is 0. The van der Waals surface area contributed by atoms with E-state index in [1.54, 1.807) is 0 Å². The molecule has 0 aromatic heterocycles. The van der Waals surface area contributed by atoms with Crippen LogP contribution in [0.15, 0.2) is 4.99 Å². The lowest BCUT2D eigenvalue weighted by Crippen LogP contribution is -2.46. The first kappa shape index (κ1) is 18.3. The standard InChI is InChI=1S/C17H32N4.HI/c1-3-20-10-6-9-16(20)11-19-17(18-2)21-12-14-7-4-5-8-15(14)13-21;/h14-16H,3-13H2,1-2H3,(H,18,19);1H. The molecule has 5 heteroatoms. The molecule has 3 fully saturated rings. The van der Waals surface area contributed by atoms with E-state index in [0.29, 0.717) is 6.04 Å². The van der Waals surface area contributed by atoms with E-state index in [-0.39, 0.29) is 24.0 Å². The maximum Gasteiger partial charge on any atom is 0.193 e. The highest BCUT2D eigenvalue weighted by molar-refractivity contribution is 14.0. The SMILES string of the molecule is CCN1CCCC1CNC(=NC)N1CC2CCCCC2C1.I. The van der Waals surface area contributed by atoms with Crippen molar-refractivity contribution in [3.05, 3.63) is 0 Å². The minimum absolute atomic E-state index is 0. The van der Waals surface area contributed by atoms with Crippen LogP contribution in [-0.2, 0) is 0 Å². The van der Waals surface area contributed by atoms with Crippen LogP contribution in [0.5, 0.6) is 0 Å². The third kappa shape index (κ3) is 4.08. The van der Waals surface area contributed by atoms with Gasteiger partial charge in [-0.2, -0.15) is 0 Å². The van der Waals surface area contributed by atoms with Gasteiger partial charge in [-0.25, -0.2) is 0 Å². The van der Waals surface area contributed by atoms with Gasteiger partial charge in [0.2, 0.25) is 0 Å². The summed E-state index contributed by atoms with van der Waals surface area (Å²) in [7, 11) is 1.94. The Bertz CT molecular complexity index is 360. The molecule has 1 aliphatic carbocycles. The molecule has 2 aliphatic heterocycles. The van der Waals surface area contributed by atoms with Gasteiger partial charge in [0.15, 0.2) is 5.96 Å². The van der Waals surface area contributed by atoms with Gasteiger partial charge in [0, 0.05) is 32.7 Å². The zero-order chi connectivity index (χ0) is 14.7. The smallest absolute Gasteiger partial charge is 0.193 e. The summed E-state index contributed by atoms with van der Waals surface area (Å²) in [4.78, 5) is 9.67. The third-order valence-corrected chi connectivity index (χ3v) is 5.89. The molecule has 0 spiro atoms. The number of likely N-dealkylation sites (tertiary alicyclic amines) is 2. The average molecular weight is 420 g/mol. The van der Waals surface area contributed by atoms with Crippen LogP contribution in [0.3, 0.4) is 0 Å². The molecule has 0 bridgehead atoms. The first-order valence-electron chi connectivity index (χ1n) is 9.01. The molecule has 1 N–H and O–H groups in total. The topological polar surface area (TPSA) is 30.9 Å². The van der Waals surface area contributed by atoms with Crippen molar-refractivity contribution < 1.29 is 0 Å². The van der Waals surface area contributed by atoms with Gasteiger partial charge in [-0.3, -0.25) is 9.89 Å². The second-order valence-electron chi connectivity index (χ2n) is 7.06. The van der Waals surface area contributed by atoms with Gasteiger partial charge in [0.25, 0.3) is 0 Å². The monoisotopic (exact) mass is 420 g/mol. The van der Waals surface area contributed by atoms with Gasteiger partial charge in [-0.15, -0.1) is 24.0 Å². The van der Waals surface area contributed by atoms with E-state index < -0.39 is 0 Å². The first-order chi connectivity index (χ1) is 10.3. The van der Waals surface area contributed by atoms with Crippen molar-refractivity contribution in [1.29, 1.82) is 0 Å². The van der Waals surface area contributed by atoms with Crippen LogP contribution in [0.4, 0.5) is 0 Å². The number of hydrogen-bond donors (Lipinski definition) is 1. The van der Waals surface area contributed by atoms with E-state index in [0.717, 1.165) is 24.3 Å². The molecule has 3 rings (SSSR count). The predicted molar refractivity (Wildman–Crippen MR) is 104 cm³/mol. The summed E-state index contributed by atoms with van der Waals surface area (Å²) in [6.45, 7) is 8.25. The molecule has 0 amide bonds. The van der Waals surface area contributed by atoms with Crippen LogP contribution in [0.2, 0.25) is 0 Å².